The number of hydrogen-bond donors (Lipinski definition) is 0. The van der Waals surface area contributed by atoms with Crippen molar-refractivity contribution in [3.8, 4) is 11.5 Å². The standard InChI is InChI=1S/C11H12N2O2/c1-7-6-15-11(12-7)10-8(2)13(3)5-4-9(10)14/h4-6H,1-3H3. The van der Waals surface area contributed by atoms with Crippen LogP contribution in [0.5, 0.6) is 0 Å². The quantitative estimate of drug-likeness (QED) is 0.709. The highest BCUT2D eigenvalue weighted by Gasteiger charge is 2.12. The van der Waals surface area contributed by atoms with Gasteiger partial charge < -0.3 is 8.98 Å². The Labute approximate surface area is 87.2 Å². The SMILES string of the molecule is Cc1coc(-c2c(C)n(C)ccc2=O)n1. The Morgan fingerprint density at radius 1 is 1.40 bits per heavy atom. The first kappa shape index (κ1) is 9.71. The van der Waals surface area contributed by atoms with E-state index in [4.69, 9.17) is 4.42 Å². The van der Waals surface area contributed by atoms with Crippen LogP contribution < -0.4 is 5.43 Å². The van der Waals surface area contributed by atoms with Gasteiger partial charge in [0.05, 0.1) is 5.69 Å². The first-order valence-electron chi connectivity index (χ1n) is 4.68. The van der Waals surface area contributed by atoms with Gasteiger partial charge in [-0.25, -0.2) is 4.98 Å². The molecule has 2 aromatic rings. The lowest BCUT2D eigenvalue weighted by Crippen LogP contribution is -2.11. The summed E-state index contributed by atoms with van der Waals surface area (Å²) in [5.41, 5.74) is 2.10. The summed E-state index contributed by atoms with van der Waals surface area (Å²) >= 11 is 0. The molecule has 0 aliphatic rings. The van der Waals surface area contributed by atoms with Crippen molar-refractivity contribution in [3.05, 3.63) is 40.1 Å². The van der Waals surface area contributed by atoms with E-state index in [1.54, 1.807) is 12.5 Å². The van der Waals surface area contributed by atoms with E-state index >= 15 is 0 Å². The minimum atomic E-state index is -0.0625. The van der Waals surface area contributed by atoms with Crippen LogP contribution in [0.1, 0.15) is 11.4 Å². The fraction of sp³-hybridized carbons (Fsp3) is 0.273. The summed E-state index contributed by atoms with van der Waals surface area (Å²) in [4.78, 5) is 15.9. The van der Waals surface area contributed by atoms with Gasteiger partial charge >= 0.3 is 0 Å². The van der Waals surface area contributed by atoms with Gasteiger partial charge in [0.15, 0.2) is 5.43 Å². The van der Waals surface area contributed by atoms with Gasteiger partial charge in [0.1, 0.15) is 11.8 Å². The van der Waals surface area contributed by atoms with E-state index in [-0.39, 0.29) is 5.43 Å². The number of oxazole rings is 1. The monoisotopic (exact) mass is 204 g/mol. The predicted molar refractivity (Wildman–Crippen MR) is 56.7 cm³/mol. The van der Waals surface area contributed by atoms with Gasteiger partial charge in [-0.2, -0.15) is 0 Å². The van der Waals surface area contributed by atoms with E-state index in [0.717, 1.165) is 11.4 Å². The Morgan fingerprint density at radius 2 is 2.13 bits per heavy atom. The van der Waals surface area contributed by atoms with Crippen LogP contribution in [0.3, 0.4) is 0 Å². The summed E-state index contributed by atoms with van der Waals surface area (Å²) in [6.45, 7) is 3.70. The highest BCUT2D eigenvalue weighted by atomic mass is 16.3. The second-order valence-electron chi connectivity index (χ2n) is 3.55. The third-order valence-corrected chi connectivity index (χ3v) is 2.42. The molecule has 4 nitrogen and oxygen atoms in total. The lowest BCUT2D eigenvalue weighted by molar-refractivity contribution is 0.571. The number of nitrogens with zero attached hydrogens (tertiary/aromatic N) is 2. The van der Waals surface area contributed by atoms with Gasteiger partial charge in [-0.05, 0) is 13.8 Å². The molecule has 2 rings (SSSR count). The fourth-order valence-electron chi connectivity index (χ4n) is 1.46. The van der Waals surface area contributed by atoms with Gasteiger partial charge in [-0.15, -0.1) is 0 Å². The summed E-state index contributed by atoms with van der Waals surface area (Å²) < 4.78 is 7.11. The smallest absolute Gasteiger partial charge is 0.231 e. The van der Waals surface area contributed by atoms with Crippen LogP contribution in [0, 0.1) is 13.8 Å². The van der Waals surface area contributed by atoms with E-state index in [9.17, 15) is 4.79 Å². The molecular weight excluding hydrogens is 192 g/mol. The van der Waals surface area contributed by atoms with Gasteiger partial charge in [0, 0.05) is 25.0 Å². The average Bonchev–Trinajstić information content (AvgIpc) is 2.59. The van der Waals surface area contributed by atoms with E-state index in [0.29, 0.717) is 11.5 Å². The second kappa shape index (κ2) is 3.38. The number of hydrogen-bond acceptors (Lipinski definition) is 3. The van der Waals surface area contributed by atoms with Crippen LogP contribution in [0.4, 0.5) is 0 Å². The van der Waals surface area contributed by atoms with Crippen LogP contribution in [-0.2, 0) is 7.05 Å². The number of rotatable bonds is 1. The maximum absolute atomic E-state index is 11.7. The van der Waals surface area contributed by atoms with Crippen LogP contribution >= 0.6 is 0 Å². The summed E-state index contributed by atoms with van der Waals surface area (Å²) in [6.07, 6.45) is 3.28. The van der Waals surface area contributed by atoms with Crippen molar-refractivity contribution in [3.63, 3.8) is 0 Å². The highest BCUT2D eigenvalue weighted by Crippen LogP contribution is 2.17. The zero-order valence-corrected chi connectivity index (χ0v) is 8.94. The van der Waals surface area contributed by atoms with Gasteiger partial charge in [0.2, 0.25) is 5.89 Å². The molecule has 0 fully saturated rings. The van der Waals surface area contributed by atoms with Crippen molar-refractivity contribution in [1.29, 1.82) is 0 Å². The van der Waals surface area contributed by atoms with Gasteiger partial charge in [-0.1, -0.05) is 0 Å². The molecule has 0 aromatic carbocycles. The Morgan fingerprint density at radius 3 is 2.73 bits per heavy atom. The van der Waals surface area contributed by atoms with E-state index in [2.05, 4.69) is 4.98 Å². The molecule has 0 aliphatic heterocycles. The van der Waals surface area contributed by atoms with E-state index < -0.39 is 0 Å². The Balaban J connectivity index is 2.72. The summed E-state index contributed by atoms with van der Waals surface area (Å²) in [6, 6.07) is 1.52. The van der Waals surface area contributed by atoms with Crippen LogP contribution in [0.25, 0.3) is 11.5 Å². The topological polar surface area (TPSA) is 48.0 Å². The predicted octanol–water partition coefficient (Wildman–Crippen LogP) is 1.66. The second-order valence-corrected chi connectivity index (χ2v) is 3.55. The van der Waals surface area contributed by atoms with Crippen LogP contribution in [0.15, 0.2) is 27.7 Å². The van der Waals surface area contributed by atoms with Gasteiger partial charge in [-0.3, -0.25) is 4.79 Å². The normalized spacial score (nSPS) is 10.6. The maximum atomic E-state index is 11.7. The van der Waals surface area contributed by atoms with E-state index in [1.165, 1.54) is 6.07 Å². The molecule has 2 heterocycles. The Hall–Kier alpha value is -1.84. The molecule has 0 atom stereocenters. The molecule has 0 N–H and O–H groups in total. The molecule has 0 saturated carbocycles. The van der Waals surface area contributed by atoms with Crippen molar-refractivity contribution in [2.75, 3.05) is 0 Å². The molecule has 0 aliphatic carbocycles. The third-order valence-electron chi connectivity index (χ3n) is 2.42. The molecule has 2 aromatic heterocycles. The van der Waals surface area contributed by atoms with Crippen molar-refractivity contribution >= 4 is 0 Å². The number of aromatic nitrogens is 2. The molecule has 0 unspecified atom stereocenters. The molecular formula is C11H12N2O2. The van der Waals surface area contributed by atoms with Crippen molar-refractivity contribution < 1.29 is 4.42 Å². The fourth-order valence-corrected chi connectivity index (χ4v) is 1.46. The molecule has 0 saturated heterocycles. The molecule has 78 valence electrons. The van der Waals surface area contributed by atoms with Crippen LogP contribution in [0.2, 0.25) is 0 Å². The zero-order chi connectivity index (χ0) is 11.0. The largest absolute Gasteiger partial charge is 0.444 e. The number of aryl methyl sites for hydroxylation is 2. The zero-order valence-electron chi connectivity index (χ0n) is 8.94. The van der Waals surface area contributed by atoms with E-state index in [1.807, 2.05) is 25.5 Å². The van der Waals surface area contributed by atoms with Crippen molar-refractivity contribution in [2.24, 2.45) is 7.05 Å². The maximum Gasteiger partial charge on any atom is 0.231 e. The Kier molecular flexibility index (Phi) is 2.19. The molecule has 4 heteroatoms. The number of pyridine rings is 1. The first-order chi connectivity index (χ1) is 7.09. The molecule has 15 heavy (non-hydrogen) atoms. The summed E-state index contributed by atoms with van der Waals surface area (Å²) in [5, 5.41) is 0. The van der Waals surface area contributed by atoms with Crippen molar-refractivity contribution in [1.82, 2.24) is 9.55 Å². The molecule has 0 radical (unpaired) electrons. The Bertz CT molecular complexity index is 552. The molecule has 0 bridgehead atoms. The van der Waals surface area contributed by atoms with Gasteiger partial charge in [0.25, 0.3) is 0 Å². The third kappa shape index (κ3) is 1.58. The minimum Gasteiger partial charge on any atom is -0.444 e. The molecule has 0 spiro atoms. The minimum absolute atomic E-state index is 0.0625. The molecule has 0 amide bonds. The van der Waals surface area contributed by atoms with Crippen LogP contribution in [-0.4, -0.2) is 9.55 Å². The van der Waals surface area contributed by atoms with Crippen molar-refractivity contribution in [2.45, 2.75) is 13.8 Å². The lowest BCUT2D eigenvalue weighted by atomic mass is 10.2. The lowest BCUT2D eigenvalue weighted by Gasteiger charge is -2.06. The first-order valence-corrected chi connectivity index (χ1v) is 4.68. The highest BCUT2D eigenvalue weighted by molar-refractivity contribution is 5.56. The average molecular weight is 204 g/mol. The summed E-state index contributed by atoms with van der Waals surface area (Å²) in [7, 11) is 1.88. The summed E-state index contributed by atoms with van der Waals surface area (Å²) in [5.74, 6) is 0.395.